The van der Waals surface area contributed by atoms with Crippen LogP contribution in [0.5, 0.6) is 5.75 Å². The normalized spacial score (nSPS) is 11.2. The molecule has 6 aromatic carbocycles. The van der Waals surface area contributed by atoms with Crippen molar-refractivity contribution in [2.45, 2.75) is 6.92 Å². The van der Waals surface area contributed by atoms with Crippen molar-refractivity contribution < 1.29 is 4.74 Å². The molecule has 0 fully saturated rings. The van der Waals surface area contributed by atoms with Crippen LogP contribution in [0.4, 0.5) is 17.1 Å². The molecule has 6 rings (SSSR count). The van der Waals surface area contributed by atoms with Gasteiger partial charge in [0.05, 0.1) is 7.11 Å². The van der Waals surface area contributed by atoms with E-state index in [9.17, 15) is 0 Å². The van der Waals surface area contributed by atoms with Gasteiger partial charge in [0, 0.05) is 17.1 Å². The van der Waals surface area contributed by atoms with Crippen molar-refractivity contribution in [1.29, 1.82) is 0 Å². The van der Waals surface area contributed by atoms with E-state index in [2.05, 4.69) is 121 Å². The molecule has 164 valence electrons. The van der Waals surface area contributed by atoms with E-state index >= 15 is 0 Å². The van der Waals surface area contributed by atoms with Gasteiger partial charge in [-0.3, -0.25) is 0 Å². The number of para-hydroxylation sites is 2. The molecule has 2 heteroatoms. The fourth-order valence-corrected chi connectivity index (χ4v) is 5.04. The van der Waals surface area contributed by atoms with Gasteiger partial charge in [-0.1, -0.05) is 66.7 Å². The molecule has 0 aliphatic heterocycles. The first kappa shape index (κ1) is 20.3. The van der Waals surface area contributed by atoms with E-state index in [1.807, 2.05) is 6.07 Å². The van der Waals surface area contributed by atoms with Gasteiger partial charge in [-0.2, -0.15) is 0 Å². The minimum atomic E-state index is 0.888. The van der Waals surface area contributed by atoms with Crippen LogP contribution in [-0.4, -0.2) is 7.11 Å². The second-order valence-corrected chi connectivity index (χ2v) is 8.68. The number of nitrogens with zero attached hydrogens (tertiary/aromatic N) is 1. The van der Waals surface area contributed by atoms with Gasteiger partial charge >= 0.3 is 0 Å². The highest BCUT2D eigenvalue weighted by atomic mass is 16.5. The first-order chi connectivity index (χ1) is 16.7. The largest absolute Gasteiger partial charge is 0.497 e. The maximum absolute atomic E-state index is 5.45. The van der Waals surface area contributed by atoms with Crippen molar-refractivity contribution in [2.75, 3.05) is 12.0 Å². The predicted octanol–water partition coefficient (Wildman–Crippen LogP) is 8.93. The van der Waals surface area contributed by atoms with Gasteiger partial charge in [0.25, 0.3) is 0 Å². The fourth-order valence-electron chi connectivity index (χ4n) is 5.04. The lowest BCUT2D eigenvalue weighted by molar-refractivity contribution is 0.415. The van der Waals surface area contributed by atoms with Crippen molar-refractivity contribution in [2.24, 2.45) is 0 Å². The van der Waals surface area contributed by atoms with Crippen LogP contribution in [0, 0.1) is 6.92 Å². The van der Waals surface area contributed by atoms with E-state index < -0.39 is 0 Å². The molecule has 0 radical (unpaired) electrons. The van der Waals surface area contributed by atoms with Crippen LogP contribution >= 0.6 is 0 Å². The predicted molar refractivity (Wildman–Crippen MR) is 145 cm³/mol. The van der Waals surface area contributed by atoms with Gasteiger partial charge in [0.1, 0.15) is 5.75 Å². The Balaban J connectivity index is 1.57. The van der Waals surface area contributed by atoms with Crippen LogP contribution in [0.15, 0.2) is 115 Å². The lowest BCUT2D eigenvalue weighted by Gasteiger charge is -2.26. The number of methoxy groups -OCH3 is 1. The highest BCUT2D eigenvalue weighted by Crippen LogP contribution is 2.39. The van der Waals surface area contributed by atoms with Crippen LogP contribution in [0.1, 0.15) is 5.56 Å². The third-order valence-corrected chi connectivity index (χ3v) is 6.61. The quantitative estimate of drug-likeness (QED) is 0.254. The summed E-state index contributed by atoms with van der Waals surface area (Å²) in [5.41, 5.74) is 4.71. The van der Waals surface area contributed by atoms with Crippen LogP contribution in [0.25, 0.3) is 32.3 Å². The third-order valence-electron chi connectivity index (χ3n) is 6.61. The summed E-state index contributed by atoms with van der Waals surface area (Å²) in [5, 5.41) is 7.56. The Morgan fingerprint density at radius 2 is 1.18 bits per heavy atom. The summed E-state index contributed by atoms with van der Waals surface area (Å²) in [6.45, 7) is 2.20. The summed E-state index contributed by atoms with van der Waals surface area (Å²) in [4.78, 5) is 2.31. The zero-order valence-corrected chi connectivity index (χ0v) is 19.3. The van der Waals surface area contributed by atoms with Gasteiger partial charge in [-0.25, -0.2) is 0 Å². The Bertz CT molecular complexity index is 1600. The van der Waals surface area contributed by atoms with E-state index in [-0.39, 0.29) is 0 Å². The van der Waals surface area contributed by atoms with E-state index in [0.29, 0.717) is 0 Å². The molecule has 0 heterocycles. The molecule has 0 aliphatic carbocycles. The number of aryl methyl sites for hydroxylation is 1. The van der Waals surface area contributed by atoms with E-state index in [4.69, 9.17) is 4.74 Å². The van der Waals surface area contributed by atoms with Crippen molar-refractivity contribution in [3.05, 3.63) is 121 Å². The van der Waals surface area contributed by atoms with Crippen LogP contribution in [-0.2, 0) is 0 Å². The maximum Gasteiger partial charge on any atom is 0.119 e. The molecule has 0 amide bonds. The molecule has 0 spiro atoms. The molecular weight excluding hydrogens is 414 g/mol. The summed E-state index contributed by atoms with van der Waals surface area (Å²) in [5.74, 6) is 0.888. The number of benzene rings is 6. The highest BCUT2D eigenvalue weighted by molar-refractivity contribution is 6.19. The smallest absolute Gasteiger partial charge is 0.119 e. The first-order valence-electron chi connectivity index (χ1n) is 11.6. The molecule has 0 N–H and O–H groups in total. The molecule has 0 unspecified atom stereocenters. The summed E-state index contributed by atoms with van der Waals surface area (Å²) in [7, 11) is 1.72. The second-order valence-electron chi connectivity index (χ2n) is 8.68. The zero-order chi connectivity index (χ0) is 23.1. The average molecular weight is 440 g/mol. The van der Waals surface area contributed by atoms with Gasteiger partial charge in [-0.05, 0) is 93.3 Å². The van der Waals surface area contributed by atoms with Crippen molar-refractivity contribution in [3.8, 4) is 5.75 Å². The second kappa shape index (κ2) is 8.24. The number of anilines is 3. The van der Waals surface area contributed by atoms with E-state index in [1.165, 1.54) is 37.9 Å². The lowest BCUT2D eigenvalue weighted by Crippen LogP contribution is -2.09. The van der Waals surface area contributed by atoms with Crippen LogP contribution in [0.2, 0.25) is 0 Å². The molecule has 0 saturated heterocycles. The number of rotatable bonds is 4. The molecule has 6 aromatic rings. The highest BCUT2D eigenvalue weighted by Gasteiger charge is 2.14. The first-order valence-corrected chi connectivity index (χ1v) is 11.6. The summed E-state index contributed by atoms with van der Waals surface area (Å²) < 4.78 is 5.45. The Labute approximate surface area is 199 Å². The van der Waals surface area contributed by atoms with Crippen molar-refractivity contribution in [1.82, 2.24) is 0 Å². The van der Waals surface area contributed by atoms with Crippen LogP contribution < -0.4 is 9.64 Å². The fraction of sp³-hybridized carbons (Fsp3) is 0.0625. The van der Waals surface area contributed by atoms with Gasteiger partial charge in [-0.15, -0.1) is 0 Å². The van der Waals surface area contributed by atoms with Crippen LogP contribution in [0.3, 0.4) is 0 Å². The van der Waals surface area contributed by atoms with Gasteiger partial charge in [0.2, 0.25) is 0 Å². The minimum Gasteiger partial charge on any atom is -0.497 e. The SMILES string of the molecule is COc1ccc2c(c1)cc(C)c1c3ccc(N(c4ccccc4)c4ccccc4)cc3ccc21. The zero-order valence-electron chi connectivity index (χ0n) is 19.3. The summed E-state index contributed by atoms with van der Waals surface area (Å²) in [6.07, 6.45) is 0. The Morgan fingerprint density at radius 1 is 0.529 bits per heavy atom. The van der Waals surface area contributed by atoms with Crippen molar-refractivity contribution in [3.63, 3.8) is 0 Å². The topological polar surface area (TPSA) is 12.5 Å². The number of fused-ring (bicyclic) bond motifs is 5. The van der Waals surface area contributed by atoms with Gasteiger partial charge in [0.15, 0.2) is 0 Å². The van der Waals surface area contributed by atoms with Crippen molar-refractivity contribution >= 4 is 49.4 Å². The minimum absolute atomic E-state index is 0.888. The molecular formula is C32H25NO. The Hall–Kier alpha value is -4.30. The molecule has 0 bridgehead atoms. The van der Waals surface area contributed by atoms with E-state index in [0.717, 1.165) is 22.8 Å². The average Bonchev–Trinajstić information content (AvgIpc) is 2.89. The molecule has 34 heavy (non-hydrogen) atoms. The summed E-state index contributed by atoms with van der Waals surface area (Å²) >= 11 is 0. The molecule has 0 atom stereocenters. The third kappa shape index (κ3) is 3.36. The molecule has 0 aliphatic rings. The Morgan fingerprint density at radius 3 is 1.85 bits per heavy atom. The maximum atomic E-state index is 5.45. The molecule has 0 saturated carbocycles. The lowest BCUT2D eigenvalue weighted by atomic mass is 9.93. The number of ether oxygens (including phenoxy) is 1. The Kier molecular flexibility index (Phi) is 4.92. The molecule has 2 nitrogen and oxygen atoms in total. The standard InChI is InChI=1S/C32H25NO/c1-22-19-24-21-28(34-2)15-18-29(24)31-16-13-23-20-27(14-17-30(23)32(22)31)33(25-9-5-3-6-10-25)26-11-7-4-8-12-26/h3-21H,1-2H3. The monoisotopic (exact) mass is 439 g/mol. The van der Waals surface area contributed by atoms with Gasteiger partial charge < -0.3 is 9.64 Å². The number of hydrogen-bond acceptors (Lipinski definition) is 2. The van der Waals surface area contributed by atoms with E-state index in [1.54, 1.807) is 7.11 Å². The molecule has 0 aromatic heterocycles. The number of hydrogen-bond donors (Lipinski definition) is 0. The summed E-state index contributed by atoms with van der Waals surface area (Å²) in [6, 6.07) is 41.0.